The van der Waals surface area contributed by atoms with Crippen LogP contribution in [0.15, 0.2) is 72.2 Å². The van der Waals surface area contributed by atoms with E-state index in [1.165, 1.54) is 33.0 Å². The Kier molecular flexibility index (Phi) is 3.24. The highest BCUT2D eigenvalue weighted by atomic mass is 32.1. The minimum absolute atomic E-state index is 1.08. The first kappa shape index (κ1) is 13.2. The third kappa shape index (κ3) is 2.22. The minimum Gasteiger partial charge on any atom is -0.245 e. The molecule has 2 heteroatoms. The van der Waals surface area contributed by atoms with Gasteiger partial charge in [0.15, 0.2) is 0 Å². The molecule has 1 aromatic heterocycles. The molecule has 0 unspecified atom stereocenters. The molecule has 22 heavy (non-hydrogen) atoms. The zero-order valence-electron chi connectivity index (χ0n) is 12.3. The Labute approximate surface area is 133 Å². The predicted octanol–water partition coefficient (Wildman–Crippen LogP) is 5.94. The molecule has 0 spiro atoms. The van der Waals surface area contributed by atoms with E-state index in [0.29, 0.717) is 0 Å². The number of fused-ring (bicyclic) bond motifs is 1. The van der Waals surface area contributed by atoms with Crippen molar-refractivity contribution in [2.75, 3.05) is 0 Å². The van der Waals surface area contributed by atoms with Crippen molar-refractivity contribution in [2.45, 2.75) is 6.92 Å². The van der Waals surface area contributed by atoms with Crippen molar-refractivity contribution < 1.29 is 0 Å². The van der Waals surface area contributed by atoms with E-state index in [4.69, 9.17) is 0 Å². The zero-order chi connectivity index (χ0) is 14.9. The molecule has 1 heterocycles. The standard InChI is InChI=1S/C20H15NS/c1-14-5-4-8-18(19(14)20-21-11-12-22-20)17-10-9-15-6-2-3-7-16(15)13-17/h2-13H,1H3. The largest absolute Gasteiger partial charge is 0.245 e. The summed E-state index contributed by atoms with van der Waals surface area (Å²) in [4.78, 5) is 4.51. The summed E-state index contributed by atoms with van der Waals surface area (Å²) < 4.78 is 0. The highest BCUT2D eigenvalue weighted by molar-refractivity contribution is 7.13. The van der Waals surface area contributed by atoms with Crippen LogP contribution in [0, 0.1) is 6.92 Å². The molecule has 0 fully saturated rings. The maximum Gasteiger partial charge on any atom is 0.124 e. The lowest BCUT2D eigenvalue weighted by Gasteiger charge is -2.11. The Morgan fingerprint density at radius 1 is 0.864 bits per heavy atom. The second-order valence-electron chi connectivity index (χ2n) is 5.40. The van der Waals surface area contributed by atoms with Crippen LogP contribution in [0.4, 0.5) is 0 Å². The fourth-order valence-electron chi connectivity index (χ4n) is 2.90. The SMILES string of the molecule is Cc1cccc(-c2ccc3ccccc3c2)c1-c1nccs1. The van der Waals surface area contributed by atoms with Crippen molar-refractivity contribution in [3.05, 3.63) is 77.8 Å². The van der Waals surface area contributed by atoms with Crippen LogP contribution < -0.4 is 0 Å². The highest BCUT2D eigenvalue weighted by Crippen LogP contribution is 2.36. The predicted molar refractivity (Wildman–Crippen MR) is 95.2 cm³/mol. The van der Waals surface area contributed by atoms with Crippen molar-refractivity contribution in [2.24, 2.45) is 0 Å². The van der Waals surface area contributed by atoms with Gasteiger partial charge in [-0.1, -0.05) is 54.6 Å². The van der Waals surface area contributed by atoms with Crippen molar-refractivity contribution in [3.8, 4) is 21.7 Å². The van der Waals surface area contributed by atoms with Gasteiger partial charge in [-0.05, 0) is 40.5 Å². The van der Waals surface area contributed by atoms with Crippen molar-refractivity contribution in [1.82, 2.24) is 4.98 Å². The van der Waals surface area contributed by atoms with E-state index in [1.807, 2.05) is 11.6 Å². The molecule has 4 rings (SSSR count). The molecule has 0 N–H and O–H groups in total. The molecule has 0 radical (unpaired) electrons. The van der Waals surface area contributed by atoms with E-state index < -0.39 is 0 Å². The monoisotopic (exact) mass is 301 g/mol. The van der Waals surface area contributed by atoms with E-state index in [2.05, 4.69) is 72.6 Å². The Morgan fingerprint density at radius 2 is 1.73 bits per heavy atom. The average Bonchev–Trinajstić information content (AvgIpc) is 3.08. The molecule has 0 aliphatic heterocycles. The fraction of sp³-hybridized carbons (Fsp3) is 0.0500. The Bertz CT molecular complexity index is 939. The van der Waals surface area contributed by atoms with Gasteiger partial charge in [0, 0.05) is 17.1 Å². The van der Waals surface area contributed by atoms with Crippen LogP contribution in [-0.4, -0.2) is 4.98 Å². The first-order valence-corrected chi connectivity index (χ1v) is 8.19. The summed E-state index contributed by atoms with van der Waals surface area (Å²) in [6, 6.07) is 21.6. The van der Waals surface area contributed by atoms with Crippen LogP contribution in [0.2, 0.25) is 0 Å². The summed E-state index contributed by atoms with van der Waals surface area (Å²) in [7, 11) is 0. The van der Waals surface area contributed by atoms with Crippen LogP contribution in [0.25, 0.3) is 32.5 Å². The van der Waals surface area contributed by atoms with Gasteiger partial charge >= 0.3 is 0 Å². The van der Waals surface area contributed by atoms with E-state index in [1.54, 1.807) is 11.3 Å². The van der Waals surface area contributed by atoms with Gasteiger partial charge in [0.05, 0.1) is 0 Å². The summed E-state index contributed by atoms with van der Waals surface area (Å²) in [6.07, 6.45) is 1.87. The van der Waals surface area contributed by atoms with Crippen LogP contribution in [0.3, 0.4) is 0 Å². The van der Waals surface area contributed by atoms with Crippen LogP contribution in [0.5, 0.6) is 0 Å². The van der Waals surface area contributed by atoms with E-state index in [-0.39, 0.29) is 0 Å². The molecular weight excluding hydrogens is 286 g/mol. The Morgan fingerprint density at radius 3 is 2.55 bits per heavy atom. The minimum atomic E-state index is 1.08. The Hall–Kier alpha value is -2.45. The summed E-state index contributed by atoms with van der Waals surface area (Å²) in [5.74, 6) is 0. The first-order chi connectivity index (χ1) is 10.8. The first-order valence-electron chi connectivity index (χ1n) is 7.31. The van der Waals surface area contributed by atoms with E-state index >= 15 is 0 Å². The van der Waals surface area contributed by atoms with Gasteiger partial charge in [-0.3, -0.25) is 0 Å². The van der Waals surface area contributed by atoms with Crippen LogP contribution in [0.1, 0.15) is 5.56 Å². The van der Waals surface area contributed by atoms with Gasteiger partial charge in [0.25, 0.3) is 0 Å². The maximum absolute atomic E-state index is 4.51. The average molecular weight is 301 g/mol. The number of thiazole rings is 1. The summed E-state index contributed by atoms with van der Waals surface area (Å²) in [5, 5.41) is 5.66. The number of hydrogen-bond donors (Lipinski definition) is 0. The quantitative estimate of drug-likeness (QED) is 0.446. The summed E-state index contributed by atoms with van der Waals surface area (Å²) in [5.41, 5.74) is 5.00. The molecule has 4 aromatic rings. The number of hydrogen-bond acceptors (Lipinski definition) is 2. The van der Waals surface area contributed by atoms with Gasteiger partial charge in [-0.25, -0.2) is 4.98 Å². The third-order valence-corrected chi connectivity index (χ3v) is 4.77. The van der Waals surface area contributed by atoms with Gasteiger partial charge in [-0.15, -0.1) is 11.3 Å². The fourth-order valence-corrected chi connectivity index (χ4v) is 3.66. The molecule has 0 atom stereocenters. The van der Waals surface area contributed by atoms with Gasteiger partial charge < -0.3 is 0 Å². The molecule has 0 amide bonds. The number of aromatic nitrogens is 1. The second kappa shape index (κ2) is 5.39. The molecule has 0 bridgehead atoms. The zero-order valence-corrected chi connectivity index (χ0v) is 13.1. The highest BCUT2D eigenvalue weighted by Gasteiger charge is 2.12. The number of aryl methyl sites for hydroxylation is 1. The van der Waals surface area contributed by atoms with E-state index in [0.717, 1.165) is 5.01 Å². The van der Waals surface area contributed by atoms with Crippen LogP contribution in [-0.2, 0) is 0 Å². The van der Waals surface area contributed by atoms with Crippen LogP contribution >= 0.6 is 11.3 Å². The Balaban J connectivity index is 1.97. The molecule has 3 aromatic carbocycles. The third-order valence-electron chi connectivity index (χ3n) is 3.98. The van der Waals surface area contributed by atoms with Gasteiger partial charge in [-0.2, -0.15) is 0 Å². The molecule has 106 valence electrons. The maximum atomic E-state index is 4.51. The molecule has 1 nitrogen and oxygen atoms in total. The van der Waals surface area contributed by atoms with Crippen molar-refractivity contribution in [1.29, 1.82) is 0 Å². The lowest BCUT2D eigenvalue weighted by Crippen LogP contribution is -1.88. The number of benzene rings is 3. The molecule has 0 saturated carbocycles. The molecular formula is C20H15NS. The summed E-state index contributed by atoms with van der Waals surface area (Å²) in [6.45, 7) is 2.15. The number of nitrogens with zero attached hydrogens (tertiary/aromatic N) is 1. The van der Waals surface area contributed by atoms with Gasteiger partial charge in [0.2, 0.25) is 0 Å². The molecule has 0 aliphatic rings. The smallest absolute Gasteiger partial charge is 0.124 e. The second-order valence-corrected chi connectivity index (χ2v) is 6.29. The van der Waals surface area contributed by atoms with Crippen molar-refractivity contribution in [3.63, 3.8) is 0 Å². The van der Waals surface area contributed by atoms with Gasteiger partial charge in [0.1, 0.15) is 5.01 Å². The molecule has 0 aliphatic carbocycles. The lowest BCUT2D eigenvalue weighted by atomic mass is 9.94. The number of rotatable bonds is 2. The normalized spacial score (nSPS) is 11.0. The molecule has 0 saturated heterocycles. The lowest BCUT2D eigenvalue weighted by molar-refractivity contribution is 1.38. The summed E-state index contributed by atoms with van der Waals surface area (Å²) >= 11 is 1.69. The topological polar surface area (TPSA) is 12.9 Å². The van der Waals surface area contributed by atoms with E-state index in [9.17, 15) is 0 Å². The van der Waals surface area contributed by atoms with Crippen molar-refractivity contribution >= 4 is 22.1 Å².